The summed E-state index contributed by atoms with van der Waals surface area (Å²) in [6.45, 7) is 3.95. The van der Waals surface area contributed by atoms with E-state index in [4.69, 9.17) is 5.73 Å². The average molecular weight is 218 g/mol. The van der Waals surface area contributed by atoms with Gasteiger partial charge in [-0.25, -0.2) is 0 Å². The molecule has 0 bridgehead atoms. The highest BCUT2D eigenvalue weighted by Crippen LogP contribution is 2.21. The molecule has 3 heteroatoms. The maximum Gasteiger partial charge on any atom is 0.253 e. The van der Waals surface area contributed by atoms with Gasteiger partial charge in [0, 0.05) is 24.3 Å². The van der Waals surface area contributed by atoms with Crippen molar-refractivity contribution in [1.29, 1.82) is 0 Å². The van der Waals surface area contributed by atoms with Gasteiger partial charge in [0.15, 0.2) is 0 Å². The lowest BCUT2D eigenvalue weighted by Crippen LogP contribution is -2.28. The predicted octanol–water partition coefficient (Wildman–Crippen LogP) is 2.14. The van der Waals surface area contributed by atoms with Crippen molar-refractivity contribution >= 4 is 11.6 Å². The molecule has 1 amide bonds. The first-order valence-corrected chi connectivity index (χ1v) is 5.85. The quantitative estimate of drug-likeness (QED) is 0.773. The van der Waals surface area contributed by atoms with Gasteiger partial charge in [-0.1, -0.05) is 19.4 Å². The van der Waals surface area contributed by atoms with Gasteiger partial charge in [0.25, 0.3) is 5.91 Å². The standard InChI is InChI=1S/C13H18N2O/c1-2-10-6-7-15(9-10)13(16)11-4-3-5-12(14)8-11/h3-5,8,10H,2,6-7,9,14H2,1H3. The number of nitrogens with two attached hydrogens (primary N) is 1. The monoisotopic (exact) mass is 218 g/mol. The predicted molar refractivity (Wildman–Crippen MR) is 65.2 cm³/mol. The molecule has 3 nitrogen and oxygen atoms in total. The first-order chi connectivity index (χ1) is 7.70. The number of nitrogen functional groups attached to an aromatic ring is 1. The average Bonchev–Trinajstić information content (AvgIpc) is 2.76. The SMILES string of the molecule is CCC1CCN(C(=O)c2cccc(N)c2)C1. The highest BCUT2D eigenvalue weighted by Gasteiger charge is 2.25. The Morgan fingerprint density at radius 3 is 3.00 bits per heavy atom. The molecular weight excluding hydrogens is 200 g/mol. The lowest BCUT2D eigenvalue weighted by Gasteiger charge is -2.16. The largest absolute Gasteiger partial charge is 0.399 e. The Kier molecular flexibility index (Phi) is 3.13. The summed E-state index contributed by atoms with van der Waals surface area (Å²) >= 11 is 0. The van der Waals surface area contributed by atoms with Crippen molar-refractivity contribution < 1.29 is 4.79 Å². The minimum absolute atomic E-state index is 0.114. The molecule has 1 aliphatic rings. The molecule has 86 valence electrons. The second kappa shape index (κ2) is 4.56. The molecule has 2 rings (SSSR count). The molecule has 1 fully saturated rings. The Bertz CT molecular complexity index is 389. The Hall–Kier alpha value is -1.51. The van der Waals surface area contributed by atoms with Crippen LogP contribution < -0.4 is 5.73 Å². The van der Waals surface area contributed by atoms with E-state index in [1.807, 2.05) is 17.0 Å². The van der Waals surface area contributed by atoms with Crippen LogP contribution in [-0.2, 0) is 0 Å². The second-order valence-corrected chi connectivity index (χ2v) is 4.44. The minimum Gasteiger partial charge on any atom is -0.399 e. The van der Waals surface area contributed by atoms with E-state index < -0.39 is 0 Å². The van der Waals surface area contributed by atoms with Gasteiger partial charge in [0.05, 0.1) is 0 Å². The first-order valence-electron chi connectivity index (χ1n) is 5.85. The summed E-state index contributed by atoms with van der Waals surface area (Å²) in [6.07, 6.45) is 2.28. The lowest BCUT2D eigenvalue weighted by atomic mass is 10.1. The number of amides is 1. The van der Waals surface area contributed by atoms with Crippen LogP contribution in [0, 0.1) is 5.92 Å². The van der Waals surface area contributed by atoms with Crippen LogP contribution in [-0.4, -0.2) is 23.9 Å². The molecule has 1 unspecified atom stereocenters. The Balaban J connectivity index is 2.08. The van der Waals surface area contributed by atoms with Crippen LogP contribution in [0.25, 0.3) is 0 Å². The van der Waals surface area contributed by atoms with Gasteiger partial charge in [-0.3, -0.25) is 4.79 Å². The fourth-order valence-corrected chi connectivity index (χ4v) is 2.20. The maximum absolute atomic E-state index is 12.1. The number of nitrogens with zero attached hydrogens (tertiary/aromatic N) is 1. The van der Waals surface area contributed by atoms with E-state index >= 15 is 0 Å². The molecule has 0 spiro atoms. The zero-order chi connectivity index (χ0) is 11.5. The summed E-state index contributed by atoms with van der Waals surface area (Å²) in [4.78, 5) is 14.1. The summed E-state index contributed by atoms with van der Waals surface area (Å²) in [6, 6.07) is 7.21. The van der Waals surface area contributed by atoms with E-state index in [2.05, 4.69) is 6.92 Å². The van der Waals surface area contributed by atoms with Crippen LogP contribution >= 0.6 is 0 Å². The van der Waals surface area contributed by atoms with Crippen LogP contribution in [0.3, 0.4) is 0 Å². The summed E-state index contributed by atoms with van der Waals surface area (Å²) < 4.78 is 0. The highest BCUT2D eigenvalue weighted by molar-refractivity contribution is 5.95. The van der Waals surface area contributed by atoms with E-state index in [0.29, 0.717) is 17.2 Å². The van der Waals surface area contributed by atoms with E-state index in [9.17, 15) is 4.79 Å². The molecule has 0 radical (unpaired) electrons. The van der Waals surface area contributed by atoms with Crippen molar-refractivity contribution in [2.75, 3.05) is 18.8 Å². The Labute approximate surface area is 96.2 Å². The van der Waals surface area contributed by atoms with Gasteiger partial charge in [-0.15, -0.1) is 0 Å². The molecule has 0 aliphatic carbocycles. The second-order valence-electron chi connectivity index (χ2n) is 4.44. The molecule has 1 saturated heterocycles. The number of hydrogen-bond donors (Lipinski definition) is 1. The number of carbonyl (C=O) groups is 1. The summed E-state index contributed by atoms with van der Waals surface area (Å²) in [5.41, 5.74) is 7.03. The van der Waals surface area contributed by atoms with Crippen molar-refractivity contribution in [2.24, 2.45) is 5.92 Å². The van der Waals surface area contributed by atoms with Crippen LogP contribution in [0.4, 0.5) is 5.69 Å². The first kappa shape index (κ1) is 11.0. The van der Waals surface area contributed by atoms with E-state index in [1.54, 1.807) is 12.1 Å². The van der Waals surface area contributed by atoms with Gasteiger partial charge in [-0.2, -0.15) is 0 Å². The fraction of sp³-hybridized carbons (Fsp3) is 0.462. The van der Waals surface area contributed by atoms with Crippen molar-refractivity contribution in [3.63, 3.8) is 0 Å². The van der Waals surface area contributed by atoms with Crippen LogP contribution in [0.15, 0.2) is 24.3 Å². The number of rotatable bonds is 2. The molecule has 1 aromatic rings. The molecule has 1 aliphatic heterocycles. The summed E-state index contributed by atoms with van der Waals surface area (Å²) in [5.74, 6) is 0.785. The van der Waals surface area contributed by atoms with Crippen LogP contribution in [0.5, 0.6) is 0 Å². The van der Waals surface area contributed by atoms with Crippen LogP contribution in [0.2, 0.25) is 0 Å². The zero-order valence-electron chi connectivity index (χ0n) is 9.65. The van der Waals surface area contributed by atoms with Crippen molar-refractivity contribution in [3.05, 3.63) is 29.8 Å². The fourth-order valence-electron chi connectivity index (χ4n) is 2.20. The Morgan fingerprint density at radius 2 is 2.38 bits per heavy atom. The molecule has 0 saturated carbocycles. The van der Waals surface area contributed by atoms with Gasteiger partial charge in [0.1, 0.15) is 0 Å². The van der Waals surface area contributed by atoms with Crippen molar-refractivity contribution in [3.8, 4) is 0 Å². The van der Waals surface area contributed by atoms with Gasteiger partial charge in [-0.05, 0) is 30.5 Å². The third kappa shape index (κ3) is 2.18. The number of carbonyl (C=O) groups excluding carboxylic acids is 1. The molecule has 1 atom stereocenters. The number of hydrogen-bond acceptors (Lipinski definition) is 2. The summed E-state index contributed by atoms with van der Waals surface area (Å²) in [7, 11) is 0. The smallest absolute Gasteiger partial charge is 0.253 e. The normalized spacial score (nSPS) is 20.1. The lowest BCUT2D eigenvalue weighted by molar-refractivity contribution is 0.0787. The van der Waals surface area contributed by atoms with E-state index in [0.717, 1.165) is 25.9 Å². The zero-order valence-corrected chi connectivity index (χ0v) is 9.65. The molecule has 16 heavy (non-hydrogen) atoms. The summed E-state index contributed by atoms with van der Waals surface area (Å²) in [5, 5.41) is 0. The van der Waals surface area contributed by atoms with Gasteiger partial charge >= 0.3 is 0 Å². The minimum atomic E-state index is 0.114. The molecule has 2 N–H and O–H groups in total. The number of anilines is 1. The van der Waals surface area contributed by atoms with Crippen molar-refractivity contribution in [1.82, 2.24) is 4.90 Å². The molecule has 0 aromatic heterocycles. The van der Waals surface area contributed by atoms with Gasteiger partial charge in [0.2, 0.25) is 0 Å². The molecule has 1 aromatic carbocycles. The topological polar surface area (TPSA) is 46.3 Å². The van der Waals surface area contributed by atoms with Crippen LogP contribution in [0.1, 0.15) is 30.1 Å². The van der Waals surface area contributed by atoms with E-state index in [-0.39, 0.29) is 5.91 Å². The van der Waals surface area contributed by atoms with Crippen molar-refractivity contribution in [2.45, 2.75) is 19.8 Å². The number of likely N-dealkylation sites (tertiary alicyclic amines) is 1. The maximum atomic E-state index is 12.1. The third-order valence-corrected chi connectivity index (χ3v) is 3.28. The molecular formula is C13H18N2O. The highest BCUT2D eigenvalue weighted by atomic mass is 16.2. The third-order valence-electron chi connectivity index (χ3n) is 3.28. The molecule has 1 heterocycles. The van der Waals surface area contributed by atoms with E-state index in [1.165, 1.54) is 0 Å². The number of benzene rings is 1. The Morgan fingerprint density at radius 1 is 1.56 bits per heavy atom. The van der Waals surface area contributed by atoms with Gasteiger partial charge < -0.3 is 10.6 Å².